The van der Waals surface area contributed by atoms with Crippen molar-refractivity contribution in [2.45, 2.75) is 19.3 Å². The zero-order chi connectivity index (χ0) is 12.3. The number of rotatable bonds is 4. The maximum atomic E-state index is 10.5. The minimum Gasteiger partial charge on any atom is -0.742 e. The summed E-state index contributed by atoms with van der Waals surface area (Å²) in [6.45, 7) is 0. The van der Waals surface area contributed by atoms with Gasteiger partial charge >= 0.3 is 0 Å². The molecule has 8 nitrogen and oxygen atoms in total. The maximum Gasteiger partial charge on any atom is 0.234 e. The van der Waals surface area contributed by atoms with E-state index in [4.69, 9.17) is 0 Å². The fraction of sp³-hybridized carbons (Fsp3) is 0.600. The Morgan fingerprint density at radius 2 is 1.00 bits per heavy atom. The second-order valence-electron chi connectivity index (χ2n) is 2.51. The van der Waals surface area contributed by atoms with Crippen LogP contribution in [0.25, 0.3) is 0 Å². The van der Waals surface area contributed by atoms with Crippen LogP contribution in [0.4, 0.5) is 0 Å². The van der Waals surface area contributed by atoms with E-state index in [1.165, 1.54) is 0 Å². The second kappa shape index (κ2) is 9.13. The van der Waals surface area contributed by atoms with Crippen LogP contribution in [0.15, 0.2) is 0 Å². The van der Waals surface area contributed by atoms with E-state index in [1.54, 1.807) is 0 Å². The number of hydrogen-bond donors (Lipinski definition) is 0. The van der Waals surface area contributed by atoms with Gasteiger partial charge in [-0.1, -0.05) is 0 Å². The van der Waals surface area contributed by atoms with Gasteiger partial charge < -0.3 is 9.11 Å². The zero-order valence-corrected chi connectivity index (χ0v) is 14.8. The first kappa shape index (κ1) is 23.3. The summed E-state index contributed by atoms with van der Waals surface area (Å²) in [6, 6.07) is 0. The molecule has 0 aliphatic rings. The van der Waals surface area contributed by atoms with E-state index < -0.39 is 49.7 Å². The molecule has 0 atom stereocenters. The van der Waals surface area contributed by atoms with Crippen LogP contribution in [-0.2, 0) is 29.8 Å². The van der Waals surface area contributed by atoms with E-state index in [0.717, 1.165) is 0 Å². The third-order valence-corrected chi connectivity index (χ3v) is 2.84. The molecule has 2 radical (unpaired) electrons. The monoisotopic (exact) mass is 304 g/mol. The molecule has 0 saturated carbocycles. The molecular formula is C5H6Na2O8S2-2. The Morgan fingerprint density at radius 3 is 1.18 bits per heavy atom. The molecule has 0 aromatic carbocycles. The Balaban J connectivity index is -0.000000980. The smallest absolute Gasteiger partial charge is 0.234 e. The SMILES string of the molecule is O=C(CCCC(=O)S(=O)(=O)[O-])S(=O)(=O)[O-].[Na].[Na]. The Bertz CT molecular complexity index is 420. The van der Waals surface area contributed by atoms with Gasteiger partial charge in [0.05, 0.1) is 0 Å². The normalized spacial score (nSPS) is 10.9. The molecule has 0 unspecified atom stereocenters. The molecule has 0 aliphatic heterocycles. The average Bonchev–Trinajstić information content (AvgIpc) is 2.00. The molecule has 0 aromatic rings. The molecule has 0 saturated heterocycles. The summed E-state index contributed by atoms with van der Waals surface area (Å²) in [5.74, 6) is 0. The van der Waals surface area contributed by atoms with Crippen LogP contribution in [0.2, 0.25) is 0 Å². The van der Waals surface area contributed by atoms with Crippen molar-refractivity contribution < 1.29 is 35.5 Å². The summed E-state index contributed by atoms with van der Waals surface area (Å²) in [6.07, 6.45) is -2.04. The first-order chi connectivity index (χ1) is 6.55. The average molecular weight is 304 g/mol. The van der Waals surface area contributed by atoms with Crippen LogP contribution in [0.3, 0.4) is 0 Å². The van der Waals surface area contributed by atoms with Crippen molar-refractivity contribution in [3.05, 3.63) is 0 Å². The topological polar surface area (TPSA) is 149 Å². The molecule has 0 spiro atoms. The third-order valence-electron chi connectivity index (χ3n) is 1.32. The Morgan fingerprint density at radius 1 is 0.765 bits per heavy atom. The van der Waals surface area contributed by atoms with Crippen molar-refractivity contribution in [2.24, 2.45) is 0 Å². The van der Waals surface area contributed by atoms with Crippen LogP contribution in [0.1, 0.15) is 19.3 Å². The van der Waals surface area contributed by atoms with Gasteiger partial charge in [0.2, 0.25) is 10.2 Å². The van der Waals surface area contributed by atoms with E-state index >= 15 is 0 Å². The predicted octanol–water partition coefficient (Wildman–Crippen LogP) is -2.46. The largest absolute Gasteiger partial charge is 0.742 e. The van der Waals surface area contributed by atoms with Crippen LogP contribution in [0, 0.1) is 0 Å². The van der Waals surface area contributed by atoms with Gasteiger partial charge in [-0.3, -0.25) is 9.59 Å². The number of carbonyl (C=O) groups excluding carboxylic acids is 2. The van der Waals surface area contributed by atoms with Crippen LogP contribution in [0.5, 0.6) is 0 Å². The van der Waals surface area contributed by atoms with Gasteiger partial charge in [0, 0.05) is 72.0 Å². The van der Waals surface area contributed by atoms with Crippen molar-refractivity contribution in [3.63, 3.8) is 0 Å². The van der Waals surface area contributed by atoms with Crippen molar-refractivity contribution >= 4 is 89.6 Å². The molecule has 12 heteroatoms. The van der Waals surface area contributed by atoms with E-state index in [2.05, 4.69) is 0 Å². The van der Waals surface area contributed by atoms with E-state index in [0.29, 0.717) is 0 Å². The Hall–Kier alpha value is 1.16. The quantitative estimate of drug-likeness (QED) is 0.410. The van der Waals surface area contributed by atoms with Crippen molar-refractivity contribution in [1.29, 1.82) is 0 Å². The van der Waals surface area contributed by atoms with Gasteiger partial charge in [0.1, 0.15) is 0 Å². The fourth-order valence-corrected chi connectivity index (χ4v) is 1.42. The minimum absolute atomic E-state index is 0. The summed E-state index contributed by atoms with van der Waals surface area (Å²) < 4.78 is 60.2. The van der Waals surface area contributed by atoms with E-state index in [9.17, 15) is 35.5 Å². The summed E-state index contributed by atoms with van der Waals surface area (Å²) >= 11 is 0. The standard InChI is InChI=1S/C5H8O8S2.2Na/c6-4(14(8,9)10)2-1-3-5(7)15(11,12)13;;/h1-3H2,(H,8,9,10)(H,11,12,13);;/p-2. The maximum absolute atomic E-state index is 10.5. The van der Waals surface area contributed by atoms with Crippen molar-refractivity contribution in [2.75, 3.05) is 0 Å². The van der Waals surface area contributed by atoms with Crippen molar-refractivity contribution in [3.8, 4) is 0 Å². The van der Waals surface area contributed by atoms with Crippen molar-refractivity contribution in [1.82, 2.24) is 0 Å². The number of hydrogen-bond acceptors (Lipinski definition) is 8. The molecule has 0 fully saturated rings. The Labute approximate surface area is 143 Å². The molecule has 90 valence electrons. The first-order valence-corrected chi connectivity index (χ1v) is 6.34. The summed E-state index contributed by atoms with van der Waals surface area (Å²) in [5, 5.41) is -3.28. The molecule has 0 heterocycles. The number of carbonyl (C=O) groups is 2. The molecule has 0 aliphatic carbocycles. The van der Waals surface area contributed by atoms with Gasteiger partial charge in [0.15, 0.2) is 20.2 Å². The molecular weight excluding hydrogens is 298 g/mol. The minimum atomic E-state index is -5.06. The third kappa shape index (κ3) is 10.7. The van der Waals surface area contributed by atoms with Crippen LogP contribution >= 0.6 is 0 Å². The fourth-order valence-electron chi connectivity index (χ4n) is 0.627. The molecule has 0 amide bonds. The molecule has 0 rings (SSSR count). The molecule has 0 aromatic heterocycles. The molecule has 0 bridgehead atoms. The van der Waals surface area contributed by atoms with Gasteiger partial charge in [-0.2, -0.15) is 0 Å². The van der Waals surface area contributed by atoms with Gasteiger partial charge in [-0.15, -0.1) is 0 Å². The Kier molecular flexibility index (Phi) is 12.5. The predicted molar refractivity (Wildman–Crippen MR) is 54.8 cm³/mol. The van der Waals surface area contributed by atoms with Gasteiger partial charge in [-0.25, -0.2) is 16.8 Å². The van der Waals surface area contributed by atoms with E-state index in [-0.39, 0.29) is 59.1 Å². The zero-order valence-electron chi connectivity index (χ0n) is 9.20. The van der Waals surface area contributed by atoms with Gasteiger partial charge in [0.25, 0.3) is 0 Å². The summed E-state index contributed by atoms with van der Waals surface area (Å²) in [7, 11) is -10.1. The van der Waals surface area contributed by atoms with E-state index in [1.807, 2.05) is 0 Å². The van der Waals surface area contributed by atoms with Crippen LogP contribution < -0.4 is 0 Å². The van der Waals surface area contributed by atoms with Gasteiger partial charge in [-0.05, 0) is 6.42 Å². The second-order valence-corrected chi connectivity index (χ2v) is 5.23. The molecule has 17 heavy (non-hydrogen) atoms. The first-order valence-electron chi connectivity index (χ1n) is 3.52. The summed E-state index contributed by atoms with van der Waals surface area (Å²) in [4.78, 5) is 20.9. The van der Waals surface area contributed by atoms with Crippen LogP contribution in [-0.4, -0.2) is 95.3 Å². The summed E-state index contributed by atoms with van der Waals surface area (Å²) in [5.41, 5.74) is 0. The molecule has 0 N–H and O–H groups in total.